The second-order valence-electron chi connectivity index (χ2n) is 1.76. The third kappa shape index (κ3) is 2.12. The molecule has 12 heavy (non-hydrogen) atoms. The molecule has 1 aromatic heterocycles. The van der Waals surface area contributed by atoms with Gasteiger partial charge in [0.2, 0.25) is 5.28 Å². The van der Waals surface area contributed by atoms with Crippen LogP contribution in [0.4, 0.5) is 5.82 Å². The van der Waals surface area contributed by atoms with Gasteiger partial charge in [-0.3, -0.25) is 0 Å². The summed E-state index contributed by atoms with van der Waals surface area (Å²) in [5.41, 5.74) is 5.89. The van der Waals surface area contributed by atoms with E-state index in [0.717, 1.165) is 0 Å². The monoisotopic (exact) mass is 313 g/mol. The summed E-state index contributed by atoms with van der Waals surface area (Å²) in [5, 5.41) is 0.202. The first-order valence-corrected chi connectivity index (χ1v) is 4.58. The van der Waals surface area contributed by atoms with Crippen LogP contribution in [-0.2, 0) is 0 Å². The lowest BCUT2D eigenvalue weighted by molar-refractivity contribution is 1.17. The van der Waals surface area contributed by atoms with Gasteiger partial charge in [-0.05, 0) is 21.4 Å². The Morgan fingerprint density at radius 1 is 1.33 bits per heavy atom. The molecule has 62 valence electrons. The Bertz CT molecular complexity index is 346. The standard InChI is InChI=1S/C6H2Cl2IN3/c7-4-3(1-2-9)5(10)12-6(8)11-4/h(H2,10,11,12). The summed E-state index contributed by atoms with van der Waals surface area (Å²) in [6, 6.07) is 0. The zero-order valence-corrected chi connectivity index (χ0v) is 9.28. The molecule has 0 amide bonds. The van der Waals surface area contributed by atoms with Crippen LogP contribution in [0.5, 0.6) is 0 Å². The van der Waals surface area contributed by atoms with Crippen LogP contribution in [0.1, 0.15) is 5.56 Å². The molecule has 1 heterocycles. The van der Waals surface area contributed by atoms with Crippen molar-refractivity contribution < 1.29 is 0 Å². The van der Waals surface area contributed by atoms with Crippen LogP contribution in [0.25, 0.3) is 0 Å². The van der Waals surface area contributed by atoms with Crippen LogP contribution in [0.3, 0.4) is 0 Å². The molecule has 6 heteroatoms. The maximum Gasteiger partial charge on any atom is 0.225 e. The Kier molecular flexibility index (Phi) is 3.38. The molecular formula is C6H2Cl2IN3. The van der Waals surface area contributed by atoms with Gasteiger partial charge in [-0.15, -0.1) is 0 Å². The Morgan fingerprint density at radius 2 is 2.00 bits per heavy atom. The Balaban J connectivity index is 3.34. The lowest BCUT2D eigenvalue weighted by Crippen LogP contribution is -1.98. The van der Waals surface area contributed by atoms with E-state index in [-0.39, 0.29) is 16.3 Å². The summed E-state index contributed by atoms with van der Waals surface area (Å²) < 4.78 is 2.62. The molecular weight excluding hydrogens is 312 g/mol. The highest BCUT2D eigenvalue weighted by atomic mass is 127. The number of hydrogen-bond donors (Lipinski definition) is 1. The van der Waals surface area contributed by atoms with E-state index in [1.807, 2.05) is 22.6 Å². The van der Waals surface area contributed by atoms with Crippen molar-refractivity contribution in [2.24, 2.45) is 0 Å². The van der Waals surface area contributed by atoms with Gasteiger partial charge in [-0.1, -0.05) is 11.6 Å². The Hall–Kier alpha value is -0.250. The van der Waals surface area contributed by atoms with Gasteiger partial charge >= 0.3 is 0 Å². The predicted octanol–water partition coefficient (Wildman–Crippen LogP) is 2.11. The number of halogens is 3. The van der Waals surface area contributed by atoms with E-state index in [1.165, 1.54) is 0 Å². The Labute approximate surface area is 92.8 Å². The average molecular weight is 314 g/mol. The van der Waals surface area contributed by atoms with Crippen LogP contribution in [0, 0.1) is 9.85 Å². The van der Waals surface area contributed by atoms with Gasteiger partial charge in [0.25, 0.3) is 0 Å². The SMILES string of the molecule is Nc1nc(Cl)nc(Cl)c1C#CI. The van der Waals surface area contributed by atoms with E-state index in [9.17, 15) is 0 Å². The largest absolute Gasteiger partial charge is 0.382 e. The zero-order valence-electron chi connectivity index (χ0n) is 5.61. The van der Waals surface area contributed by atoms with E-state index >= 15 is 0 Å². The van der Waals surface area contributed by atoms with E-state index in [2.05, 4.69) is 19.8 Å². The lowest BCUT2D eigenvalue weighted by atomic mass is 10.3. The number of rotatable bonds is 0. The van der Waals surface area contributed by atoms with Crippen molar-refractivity contribution in [3.05, 3.63) is 16.0 Å². The maximum atomic E-state index is 5.69. The molecule has 0 fully saturated rings. The first kappa shape index (κ1) is 9.84. The average Bonchev–Trinajstić information content (AvgIpc) is 1.96. The van der Waals surface area contributed by atoms with E-state index in [0.29, 0.717) is 5.56 Å². The normalized spacial score (nSPS) is 8.92. The number of nitrogens with zero attached hydrogens (tertiary/aromatic N) is 2. The summed E-state index contributed by atoms with van der Waals surface area (Å²) in [7, 11) is 0. The third-order valence-corrected chi connectivity index (χ3v) is 1.75. The molecule has 3 nitrogen and oxygen atoms in total. The van der Waals surface area contributed by atoms with Crippen LogP contribution < -0.4 is 5.73 Å². The quantitative estimate of drug-likeness (QED) is 0.345. The minimum absolute atomic E-state index is 0.0245. The summed E-state index contributed by atoms with van der Waals surface area (Å²) in [6.45, 7) is 0. The number of nitrogens with two attached hydrogens (primary N) is 1. The summed E-state index contributed by atoms with van der Waals surface area (Å²) >= 11 is 13.0. The molecule has 0 unspecified atom stereocenters. The van der Waals surface area contributed by atoms with E-state index in [4.69, 9.17) is 28.9 Å². The minimum Gasteiger partial charge on any atom is -0.382 e. The second-order valence-corrected chi connectivity index (χ2v) is 3.00. The van der Waals surface area contributed by atoms with E-state index < -0.39 is 0 Å². The fourth-order valence-electron chi connectivity index (χ4n) is 0.586. The fraction of sp³-hybridized carbons (Fsp3) is 0. The molecule has 0 aliphatic rings. The lowest BCUT2D eigenvalue weighted by Gasteiger charge is -1.98. The molecule has 1 aromatic rings. The van der Waals surface area contributed by atoms with Crippen molar-refractivity contribution in [1.29, 1.82) is 0 Å². The first-order chi connectivity index (χ1) is 5.65. The van der Waals surface area contributed by atoms with Gasteiger partial charge in [-0.2, -0.15) is 4.98 Å². The second kappa shape index (κ2) is 4.12. The van der Waals surface area contributed by atoms with Crippen LogP contribution in [0.15, 0.2) is 0 Å². The zero-order chi connectivity index (χ0) is 9.14. The molecule has 1 rings (SSSR count). The first-order valence-electron chi connectivity index (χ1n) is 2.75. The van der Waals surface area contributed by atoms with Crippen LogP contribution in [-0.4, -0.2) is 9.97 Å². The summed E-state index contributed by atoms with van der Waals surface area (Å²) in [4.78, 5) is 7.38. The number of aromatic nitrogens is 2. The molecule has 0 radical (unpaired) electrons. The highest BCUT2D eigenvalue weighted by molar-refractivity contribution is 14.1. The van der Waals surface area contributed by atoms with E-state index in [1.54, 1.807) is 0 Å². The van der Waals surface area contributed by atoms with Gasteiger partial charge in [-0.25, -0.2) is 4.98 Å². The number of hydrogen-bond acceptors (Lipinski definition) is 3. The molecule has 0 aromatic carbocycles. The third-order valence-electron chi connectivity index (χ3n) is 1.04. The Morgan fingerprint density at radius 3 is 2.50 bits per heavy atom. The van der Waals surface area contributed by atoms with Crippen molar-refractivity contribution in [2.75, 3.05) is 5.73 Å². The van der Waals surface area contributed by atoms with Crippen molar-refractivity contribution in [1.82, 2.24) is 9.97 Å². The van der Waals surface area contributed by atoms with Gasteiger partial charge in [0.15, 0.2) is 5.15 Å². The summed E-state index contributed by atoms with van der Waals surface area (Å²) in [5.74, 6) is 2.87. The van der Waals surface area contributed by atoms with Crippen molar-refractivity contribution >= 4 is 51.6 Å². The molecule has 0 aliphatic heterocycles. The van der Waals surface area contributed by atoms with Gasteiger partial charge in [0.1, 0.15) is 11.4 Å². The molecule has 0 saturated carbocycles. The fourth-order valence-corrected chi connectivity index (χ4v) is 1.30. The highest BCUT2D eigenvalue weighted by Gasteiger charge is 2.06. The summed E-state index contributed by atoms with van der Waals surface area (Å²) in [6.07, 6.45) is 0. The van der Waals surface area contributed by atoms with Crippen molar-refractivity contribution in [3.63, 3.8) is 0 Å². The molecule has 0 spiro atoms. The van der Waals surface area contributed by atoms with Crippen molar-refractivity contribution in [3.8, 4) is 9.85 Å². The molecule has 0 aliphatic carbocycles. The molecule has 0 atom stereocenters. The molecule has 2 N–H and O–H groups in total. The topological polar surface area (TPSA) is 51.8 Å². The number of anilines is 1. The highest BCUT2D eigenvalue weighted by Crippen LogP contribution is 2.19. The predicted molar refractivity (Wildman–Crippen MR) is 57.4 cm³/mol. The molecule has 0 bridgehead atoms. The van der Waals surface area contributed by atoms with Gasteiger partial charge in [0, 0.05) is 22.6 Å². The van der Waals surface area contributed by atoms with Crippen molar-refractivity contribution in [2.45, 2.75) is 0 Å². The van der Waals surface area contributed by atoms with Crippen LogP contribution >= 0.6 is 45.8 Å². The van der Waals surface area contributed by atoms with Gasteiger partial charge < -0.3 is 5.73 Å². The van der Waals surface area contributed by atoms with Crippen LogP contribution in [0.2, 0.25) is 10.4 Å². The molecule has 0 saturated heterocycles. The van der Waals surface area contributed by atoms with Gasteiger partial charge in [0.05, 0.1) is 0 Å². The smallest absolute Gasteiger partial charge is 0.225 e. The maximum absolute atomic E-state index is 5.69. The minimum atomic E-state index is 0.0245. The number of nitrogen functional groups attached to an aromatic ring is 1.